The number of aromatic nitrogens is 2. The van der Waals surface area contributed by atoms with Crippen LogP contribution in [0.5, 0.6) is 0 Å². The van der Waals surface area contributed by atoms with Crippen molar-refractivity contribution in [2.24, 2.45) is 0 Å². The van der Waals surface area contributed by atoms with Crippen LogP contribution in [-0.4, -0.2) is 36.2 Å². The molecule has 102 valence electrons. The second kappa shape index (κ2) is 5.77. The molecular weight excluding hydrogens is 282 g/mol. The highest BCUT2D eigenvalue weighted by molar-refractivity contribution is 7.98. The van der Waals surface area contributed by atoms with E-state index in [0.717, 1.165) is 10.5 Å². The standard InChI is InChI=1S/C12H15N3O2S2/c1-15(19(16,17)12-7-8-13-14-12)9-10-3-5-11(18-2)6-4-10/h3-8H,9H2,1-2H3,(H,13,14). The van der Waals surface area contributed by atoms with Crippen molar-refractivity contribution in [2.75, 3.05) is 13.3 Å². The Labute approximate surface area is 117 Å². The Morgan fingerprint density at radius 2 is 1.95 bits per heavy atom. The summed E-state index contributed by atoms with van der Waals surface area (Å²) in [5.74, 6) is 0. The first-order chi connectivity index (χ1) is 9.04. The maximum Gasteiger partial charge on any atom is 0.260 e. The summed E-state index contributed by atoms with van der Waals surface area (Å²) >= 11 is 1.65. The van der Waals surface area contributed by atoms with E-state index in [0.29, 0.717) is 6.54 Å². The van der Waals surface area contributed by atoms with Gasteiger partial charge in [-0.25, -0.2) is 8.42 Å². The zero-order valence-electron chi connectivity index (χ0n) is 10.7. The van der Waals surface area contributed by atoms with Gasteiger partial charge in [0, 0.05) is 18.5 Å². The van der Waals surface area contributed by atoms with Crippen LogP contribution in [0.4, 0.5) is 0 Å². The van der Waals surface area contributed by atoms with Crippen LogP contribution in [0, 0.1) is 0 Å². The van der Waals surface area contributed by atoms with E-state index in [9.17, 15) is 8.42 Å². The summed E-state index contributed by atoms with van der Waals surface area (Å²) in [6, 6.07) is 9.28. The van der Waals surface area contributed by atoms with Gasteiger partial charge in [-0.1, -0.05) is 12.1 Å². The number of nitrogens with zero attached hydrogens (tertiary/aromatic N) is 2. The van der Waals surface area contributed by atoms with E-state index in [-0.39, 0.29) is 5.03 Å². The smallest absolute Gasteiger partial charge is 0.260 e. The van der Waals surface area contributed by atoms with Crippen molar-refractivity contribution >= 4 is 21.8 Å². The number of hydrogen-bond acceptors (Lipinski definition) is 4. The topological polar surface area (TPSA) is 66.1 Å². The Balaban J connectivity index is 2.14. The van der Waals surface area contributed by atoms with Crippen molar-refractivity contribution in [3.63, 3.8) is 0 Å². The molecule has 0 fully saturated rings. The minimum absolute atomic E-state index is 0.107. The van der Waals surface area contributed by atoms with Crippen LogP contribution in [0.3, 0.4) is 0 Å². The number of nitrogens with one attached hydrogen (secondary N) is 1. The minimum atomic E-state index is -3.50. The molecule has 0 amide bonds. The number of aromatic amines is 1. The second-order valence-corrected chi connectivity index (χ2v) is 6.92. The molecule has 0 spiro atoms. The van der Waals surface area contributed by atoms with Crippen molar-refractivity contribution < 1.29 is 8.42 Å². The molecule has 1 aromatic carbocycles. The quantitative estimate of drug-likeness (QED) is 0.857. The third-order valence-corrected chi connectivity index (χ3v) is 5.20. The van der Waals surface area contributed by atoms with Crippen LogP contribution in [0.25, 0.3) is 0 Å². The molecule has 0 saturated heterocycles. The molecule has 0 aliphatic heterocycles. The lowest BCUT2D eigenvalue weighted by atomic mass is 10.2. The van der Waals surface area contributed by atoms with Gasteiger partial charge in [-0.2, -0.15) is 9.40 Å². The van der Waals surface area contributed by atoms with Gasteiger partial charge in [0.05, 0.1) is 6.20 Å². The number of thioether (sulfide) groups is 1. The van der Waals surface area contributed by atoms with Crippen LogP contribution in [0.2, 0.25) is 0 Å². The normalized spacial score (nSPS) is 11.9. The molecule has 1 heterocycles. The fourth-order valence-electron chi connectivity index (χ4n) is 1.63. The van der Waals surface area contributed by atoms with E-state index in [1.165, 1.54) is 16.6 Å². The zero-order chi connectivity index (χ0) is 13.9. The molecule has 1 aromatic heterocycles. The van der Waals surface area contributed by atoms with Crippen LogP contribution in [0.1, 0.15) is 5.56 Å². The number of H-pyrrole nitrogens is 1. The fourth-order valence-corrected chi connectivity index (χ4v) is 3.09. The molecule has 2 rings (SSSR count). The lowest BCUT2D eigenvalue weighted by Gasteiger charge is -2.16. The average molecular weight is 297 g/mol. The Hall–Kier alpha value is -1.31. The summed E-state index contributed by atoms with van der Waals surface area (Å²) < 4.78 is 25.6. The number of rotatable bonds is 5. The number of sulfonamides is 1. The van der Waals surface area contributed by atoms with E-state index in [1.807, 2.05) is 30.5 Å². The molecule has 0 radical (unpaired) electrons. The monoisotopic (exact) mass is 297 g/mol. The highest BCUT2D eigenvalue weighted by Gasteiger charge is 2.21. The predicted molar refractivity (Wildman–Crippen MR) is 75.5 cm³/mol. The van der Waals surface area contributed by atoms with Crippen LogP contribution in [0.15, 0.2) is 46.5 Å². The van der Waals surface area contributed by atoms with Gasteiger partial charge >= 0.3 is 0 Å². The summed E-state index contributed by atoms with van der Waals surface area (Å²) in [6.07, 6.45) is 3.43. The van der Waals surface area contributed by atoms with Gasteiger partial charge in [-0.3, -0.25) is 5.10 Å². The minimum Gasteiger partial charge on any atom is -0.266 e. The van der Waals surface area contributed by atoms with Crippen LogP contribution < -0.4 is 0 Å². The van der Waals surface area contributed by atoms with Crippen molar-refractivity contribution in [3.8, 4) is 0 Å². The van der Waals surface area contributed by atoms with Gasteiger partial charge in [0.1, 0.15) is 0 Å². The molecule has 7 heteroatoms. The first-order valence-corrected chi connectivity index (χ1v) is 8.29. The van der Waals surface area contributed by atoms with Crippen LogP contribution >= 0.6 is 11.8 Å². The van der Waals surface area contributed by atoms with E-state index in [4.69, 9.17) is 0 Å². The lowest BCUT2D eigenvalue weighted by Crippen LogP contribution is -2.26. The highest BCUT2D eigenvalue weighted by Crippen LogP contribution is 2.18. The van der Waals surface area contributed by atoms with Crippen LogP contribution in [-0.2, 0) is 16.6 Å². The molecule has 2 aromatic rings. The number of hydrogen-bond donors (Lipinski definition) is 1. The zero-order valence-corrected chi connectivity index (χ0v) is 12.3. The van der Waals surface area contributed by atoms with Gasteiger partial charge in [-0.15, -0.1) is 11.8 Å². The van der Waals surface area contributed by atoms with Gasteiger partial charge < -0.3 is 0 Å². The molecule has 1 N–H and O–H groups in total. The molecule has 0 saturated carbocycles. The Morgan fingerprint density at radius 3 is 2.47 bits per heavy atom. The molecule has 0 aliphatic rings. The molecule has 0 aliphatic carbocycles. The molecule has 19 heavy (non-hydrogen) atoms. The highest BCUT2D eigenvalue weighted by atomic mass is 32.2. The first kappa shape index (κ1) is 14.1. The third kappa shape index (κ3) is 3.17. The molecule has 0 bridgehead atoms. The van der Waals surface area contributed by atoms with Crippen molar-refractivity contribution in [1.82, 2.24) is 14.5 Å². The SMILES string of the molecule is CSc1ccc(CN(C)S(=O)(=O)c2ccn[nH]2)cc1. The fraction of sp³-hybridized carbons (Fsp3) is 0.250. The van der Waals surface area contributed by atoms with E-state index >= 15 is 0 Å². The van der Waals surface area contributed by atoms with E-state index in [2.05, 4.69) is 10.2 Å². The summed E-state index contributed by atoms with van der Waals surface area (Å²) in [7, 11) is -1.95. The van der Waals surface area contributed by atoms with E-state index < -0.39 is 10.0 Å². The van der Waals surface area contributed by atoms with Gasteiger partial charge in [-0.05, 0) is 30.0 Å². The Morgan fingerprint density at radius 1 is 1.26 bits per heavy atom. The Kier molecular flexibility index (Phi) is 4.28. The van der Waals surface area contributed by atoms with E-state index in [1.54, 1.807) is 18.8 Å². The van der Waals surface area contributed by atoms with Gasteiger partial charge in [0.2, 0.25) is 0 Å². The largest absolute Gasteiger partial charge is 0.266 e. The maximum atomic E-state index is 12.2. The predicted octanol–water partition coefficient (Wildman–Crippen LogP) is 1.95. The first-order valence-electron chi connectivity index (χ1n) is 5.62. The number of benzene rings is 1. The molecule has 5 nitrogen and oxygen atoms in total. The molecular formula is C12H15N3O2S2. The Bertz CT molecular complexity index is 622. The lowest BCUT2D eigenvalue weighted by molar-refractivity contribution is 0.463. The average Bonchev–Trinajstić information content (AvgIpc) is 2.94. The summed E-state index contributed by atoms with van der Waals surface area (Å²) in [6.45, 7) is 0.329. The summed E-state index contributed by atoms with van der Waals surface area (Å²) in [5, 5.41) is 6.25. The maximum absolute atomic E-state index is 12.2. The van der Waals surface area contributed by atoms with Gasteiger partial charge in [0.15, 0.2) is 5.03 Å². The van der Waals surface area contributed by atoms with Crippen molar-refractivity contribution in [3.05, 3.63) is 42.1 Å². The second-order valence-electron chi connectivity index (χ2n) is 4.03. The summed E-state index contributed by atoms with van der Waals surface area (Å²) in [4.78, 5) is 1.16. The third-order valence-electron chi connectivity index (χ3n) is 2.73. The molecule has 0 unspecified atom stereocenters. The van der Waals surface area contributed by atoms with Crippen molar-refractivity contribution in [1.29, 1.82) is 0 Å². The molecule has 0 atom stereocenters. The van der Waals surface area contributed by atoms with Gasteiger partial charge in [0.25, 0.3) is 10.0 Å². The van der Waals surface area contributed by atoms with Crippen molar-refractivity contribution in [2.45, 2.75) is 16.5 Å². The summed E-state index contributed by atoms with van der Waals surface area (Å²) in [5.41, 5.74) is 0.948.